The normalized spacial score (nSPS) is 12.4. The second-order valence-corrected chi connectivity index (χ2v) is 3.71. The van der Waals surface area contributed by atoms with Crippen LogP contribution in [0.1, 0.15) is 17.2 Å². The van der Waals surface area contributed by atoms with Crippen LogP contribution < -0.4 is 0 Å². The highest BCUT2D eigenvalue weighted by Gasteiger charge is 2.17. The van der Waals surface area contributed by atoms with Gasteiger partial charge in [-0.15, -0.1) is 0 Å². The average Bonchev–Trinajstić information content (AvgIpc) is 2.29. The second kappa shape index (κ2) is 4.60. The molecule has 0 amide bonds. The first-order valence-corrected chi connectivity index (χ1v) is 5.11. The molecular weight excluding hydrogens is 229 g/mol. The van der Waals surface area contributed by atoms with Gasteiger partial charge in [0, 0.05) is 22.3 Å². The summed E-state index contributed by atoms with van der Waals surface area (Å²) in [6.45, 7) is 0. The van der Waals surface area contributed by atoms with Gasteiger partial charge in [0.25, 0.3) is 0 Å². The van der Waals surface area contributed by atoms with Crippen LogP contribution >= 0.6 is 11.6 Å². The van der Waals surface area contributed by atoms with Gasteiger partial charge >= 0.3 is 0 Å². The van der Waals surface area contributed by atoms with E-state index in [1.807, 2.05) is 0 Å². The van der Waals surface area contributed by atoms with E-state index in [0.29, 0.717) is 10.6 Å². The summed E-state index contributed by atoms with van der Waals surface area (Å²) < 4.78 is 13.3. The molecule has 0 aliphatic carbocycles. The Labute approximate surface area is 97.3 Å². The van der Waals surface area contributed by atoms with Crippen molar-refractivity contribution in [3.05, 3.63) is 64.7 Å². The Kier molecular flexibility index (Phi) is 3.17. The molecule has 16 heavy (non-hydrogen) atoms. The van der Waals surface area contributed by atoms with Crippen LogP contribution in [0.3, 0.4) is 0 Å². The summed E-state index contributed by atoms with van der Waals surface area (Å²) in [7, 11) is 0. The molecule has 2 nitrogen and oxygen atoms in total. The first-order valence-electron chi connectivity index (χ1n) is 4.73. The predicted molar refractivity (Wildman–Crippen MR) is 59.7 cm³/mol. The van der Waals surface area contributed by atoms with Gasteiger partial charge in [-0.1, -0.05) is 29.8 Å². The maximum atomic E-state index is 13.3. The minimum absolute atomic E-state index is 0.121. The van der Waals surface area contributed by atoms with Crippen LogP contribution in [0.5, 0.6) is 0 Å². The molecule has 1 aromatic carbocycles. The van der Waals surface area contributed by atoms with Gasteiger partial charge in [-0.05, 0) is 18.2 Å². The standard InChI is InChI=1S/C12H9ClFNO/c13-10-6-2-1-4-8(10)11(16)9-5-3-7-15-12(9)14/h1-7,11,16H. The highest BCUT2D eigenvalue weighted by atomic mass is 35.5. The van der Waals surface area contributed by atoms with Gasteiger partial charge in [-0.2, -0.15) is 4.39 Å². The second-order valence-electron chi connectivity index (χ2n) is 3.31. The van der Waals surface area contributed by atoms with E-state index in [4.69, 9.17) is 11.6 Å². The van der Waals surface area contributed by atoms with E-state index in [1.165, 1.54) is 12.3 Å². The monoisotopic (exact) mass is 237 g/mol. The van der Waals surface area contributed by atoms with Crippen molar-refractivity contribution in [2.45, 2.75) is 6.10 Å². The number of aromatic nitrogens is 1. The number of nitrogens with zero attached hydrogens (tertiary/aromatic N) is 1. The van der Waals surface area contributed by atoms with Gasteiger partial charge in [0.05, 0.1) is 0 Å². The SMILES string of the molecule is OC(c1ccccc1Cl)c1cccnc1F. The number of halogens is 2. The lowest BCUT2D eigenvalue weighted by Gasteiger charge is -2.12. The number of aliphatic hydroxyl groups is 1. The molecule has 0 spiro atoms. The third-order valence-corrected chi connectivity index (χ3v) is 2.63. The number of benzene rings is 1. The molecule has 0 aliphatic heterocycles. The summed E-state index contributed by atoms with van der Waals surface area (Å²) in [6.07, 6.45) is 0.237. The number of hydrogen-bond acceptors (Lipinski definition) is 2. The largest absolute Gasteiger partial charge is 0.383 e. The molecule has 1 unspecified atom stereocenters. The molecule has 2 rings (SSSR count). The Morgan fingerprint density at radius 2 is 1.81 bits per heavy atom. The topological polar surface area (TPSA) is 33.1 Å². The van der Waals surface area contributed by atoms with Crippen molar-refractivity contribution in [3.8, 4) is 0 Å². The van der Waals surface area contributed by atoms with Crippen molar-refractivity contribution in [3.63, 3.8) is 0 Å². The molecule has 1 aromatic heterocycles. The van der Waals surface area contributed by atoms with Crippen molar-refractivity contribution in [2.24, 2.45) is 0 Å². The average molecular weight is 238 g/mol. The van der Waals surface area contributed by atoms with Gasteiger partial charge < -0.3 is 5.11 Å². The van der Waals surface area contributed by atoms with Crippen LogP contribution in [-0.2, 0) is 0 Å². The van der Waals surface area contributed by atoms with E-state index in [1.54, 1.807) is 30.3 Å². The molecular formula is C12H9ClFNO. The number of aliphatic hydroxyl groups excluding tert-OH is 1. The summed E-state index contributed by atoms with van der Waals surface area (Å²) in [4.78, 5) is 3.49. The zero-order valence-corrected chi connectivity index (χ0v) is 9.03. The molecule has 1 atom stereocenters. The maximum absolute atomic E-state index is 13.3. The summed E-state index contributed by atoms with van der Waals surface area (Å²) >= 11 is 5.92. The van der Waals surface area contributed by atoms with Crippen LogP contribution in [0, 0.1) is 5.95 Å². The molecule has 2 aromatic rings. The van der Waals surface area contributed by atoms with Gasteiger partial charge in [-0.25, -0.2) is 4.98 Å². The van der Waals surface area contributed by atoms with Crippen LogP contribution in [0.4, 0.5) is 4.39 Å². The molecule has 0 aliphatic rings. The predicted octanol–water partition coefficient (Wildman–Crippen LogP) is 2.96. The fourth-order valence-electron chi connectivity index (χ4n) is 1.47. The highest BCUT2D eigenvalue weighted by Crippen LogP contribution is 2.28. The number of pyridine rings is 1. The fraction of sp³-hybridized carbons (Fsp3) is 0.0833. The van der Waals surface area contributed by atoms with Gasteiger partial charge in [0.1, 0.15) is 6.10 Å². The Bertz CT molecular complexity index is 458. The Hall–Kier alpha value is -1.45. The zero-order chi connectivity index (χ0) is 11.5. The van der Waals surface area contributed by atoms with Crippen molar-refractivity contribution in [1.29, 1.82) is 0 Å². The van der Waals surface area contributed by atoms with Crippen molar-refractivity contribution < 1.29 is 9.50 Å². The third kappa shape index (κ3) is 2.05. The van der Waals surface area contributed by atoms with Gasteiger partial charge in [0.15, 0.2) is 0 Å². The molecule has 0 radical (unpaired) electrons. The van der Waals surface area contributed by atoms with Gasteiger partial charge in [0.2, 0.25) is 5.95 Å². The number of hydrogen-bond donors (Lipinski definition) is 1. The quantitative estimate of drug-likeness (QED) is 0.815. The minimum atomic E-state index is -1.10. The summed E-state index contributed by atoms with van der Waals surface area (Å²) in [6, 6.07) is 9.83. The summed E-state index contributed by atoms with van der Waals surface area (Å²) in [5.74, 6) is -0.685. The molecule has 0 fully saturated rings. The van der Waals surface area contributed by atoms with E-state index in [-0.39, 0.29) is 5.56 Å². The maximum Gasteiger partial charge on any atom is 0.218 e. The molecule has 0 bridgehead atoms. The molecule has 0 saturated heterocycles. The van der Waals surface area contributed by atoms with E-state index in [9.17, 15) is 9.50 Å². The minimum Gasteiger partial charge on any atom is -0.383 e. The van der Waals surface area contributed by atoms with Crippen molar-refractivity contribution in [1.82, 2.24) is 4.98 Å². The molecule has 0 saturated carbocycles. The first kappa shape index (κ1) is 11.0. The van der Waals surface area contributed by atoms with Crippen LogP contribution in [0.25, 0.3) is 0 Å². The van der Waals surface area contributed by atoms with E-state index >= 15 is 0 Å². The van der Waals surface area contributed by atoms with Crippen molar-refractivity contribution in [2.75, 3.05) is 0 Å². The molecule has 82 valence electrons. The smallest absolute Gasteiger partial charge is 0.218 e. The third-order valence-electron chi connectivity index (χ3n) is 2.28. The number of rotatable bonds is 2. The van der Waals surface area contributed by atoms with Crippen LogP contribution in [-0.4, -0.2) is 10.1 Å². The zero-order valence-electron chi connectivity index (χ0n) is 8.27. The lowest BCUT2D eigenvalue weighted by Crippen LogP contribution is -2.04. The summed E-state index contributed by atoms with van der Waals surface area (Å²) in [5.41, 5.74) is 0.590. The highest BCUT2D eigenvalue weighted by molar-refractivity contribution is 6.31. The van der Waals surface area contributed by atoms with Gasteiger partial charge in [-0.3, -0.25) is 0 Å². The van der Waals surface area contributed by atoms with Crippen LogP contribution in [0.2, 0.25) is 5.02 Å². The molecule has 1 heterocycles. The van der Waals surface area contributed by atoms with E-state index < -0.39 is 12.1 Å². The Balaban J connectivity index is 2.44. The van der Waals surface area contributed by atoms with E-state index in [0.717, 1.165) is 0 Å². The van der Waals surface area contributed by atoms with Crippen molar-refractivity contribution >= 4 is 11.6 Å². The fourth-order valence-corrected chi connectivity index (χ4v) is 1.71. The lowest BCUT2D eigenvalue weighted by atomic mass is 10.0. The van der Waals surface area contributed by atoms with E-state index in [2.05, 4.69) is 4.98 Å². The molecule has 4 heteroatoms. The molecule has 1 N–H and O–H groups in total. The summed E-state index contributed by atoms with van der Waals surface area (Å²) in [5, 5.41) is 10.4. The Morgan fingerprint density at radius 1 is 1.12 bits per heavy atom. The van der Waals surface area contributed by atoms with Crippen LogP contribution in [0.15, 0.2) is 42.6 Å². The lowest BCUT2D eigenvalue weighted by molar-refractivity contribution is 0.213. The Morgan fingerprint density at radius 3 is 2.50 bits per heavy atom. The first-order chi connectivity index (χ1) is 7.70.